The summed E-state index contributed by atoms with van der Waals surface area (Å²) >= 11 is 6.20. The number of hydrogen-bond donors (Lipinski definition) is 4. The molecule has 3 atom stereocenters. The van der Waals surface area contributed by atoms with E-state index in [1.807, 2.05) is 0 Å². The van der Waals surface area contributed by atoms with Crippen molar-refractivity contribution in [1.82, 2.24) is 4.72 Å². The van der Waals surface area contributed by atoms with Crippen LogP contribution in [0.2, 0.25) is 5.02 Å². The number of halogens is 4. The van der Waals surface area contributed by atoms with Crippen LogP contribution in [0.15, 0.2) is 35.2 Å². The van der Waals surface area contributed by atoms with Gasteiger partial charge in [-0.1, -0.05) is 11.6 Å². The molecular weight excluding hydrogens is 585 g/mol. The lowest BCUT2D eigenvalue weighted by Crippen LogP contribution is -2.58. The minimum Gasteiger partial charge on any atom is -0.389 e. The molecule has 9 nitrogen and oxygen atoms in total. The number of fused-ring (bicyclic) bond motifs is 2. The average molecular weight is 611 g/mol. The number of rotatable bonds is 8. The summed E-state index contributed by atoms with van der Waals surface area (Å²) in [5.74, 6) is -6.95. The summed E-state index contributed by atoms with van der Waals surface area (Å²) in [4.78, 5) is 12.3. The molecule has 0 heterocycles. The number of hydrogen-bond acceptors (Lipinski definition) is 7. The maximum Gasteiger partial charge on any atom is 0.255 e. The molecule has 39 heavy (non-hydrogen) atoms. The number of benzene rings is 2. The predicted molar refractivity (Wildman–Crippen MR) is 136 cm³/mol. The number of carbonyl (C=O) groups is 1. The molecule has 2 aromatic carbocycles. The first-order valence-electron chi connectivity index (χ1n) is 11.9. The molecule has 2 fully saturated rings. The number of aliphatic hydroxyl groups excluding tert-OH is 1. The Morgan fingerprint density at radius 3 is 2.18 bits per heavy atom. The average Bonchev–Trinajstić information content (AvgIpc) is 3.01. The minimum atomic E-state index is -4.16. The number of carbonyl (C=O) groups excluding carboxylic acids is 1. The highest BCUT2D eigenvalue weighted by Crippen LogP contribution is 2.53. The van der Waals surface area contributed by atoms with Gasteiger partial charge in [0, 0.05) is 29.9 Å². The molecule has 2 saturated carbocycles. The van der Waals surface area contributed by atoms with Crippen molar-refractivity contribution in [3.05, 3.63) is 58.4 Å². The van der Waals surface area contributed by atoms with Crippen LogP contribution in [-0.4, -0.2) is 62.7 Å². The molecular formula is C24H26ClF3N2O7S2. The Balaban J connectivity index is 1.55. The van der Waals surface area contributed by atoms with Crippen LogP contribution in [0, 0.1) is 29.3 Å². The molecule has 0 spiro atoms. The Hall–Kier alpha value is -2.23. The normalized spacial score (nSPS) is 25.9. The van der Waals surface area contributed by atoms with Crippen LogP contribution < -0.4 is 10.0 Å². The van der Waals surface area contributed by atoms with Crippen molar-refractivity contribution >= 4 is 43.1 Å². The second kappa shape index (κ2) is 10.6. The fourth-order valence-corrected chi connectivity index (χ4v) is 8.47. The van der Waals surface area contributed by atoms with E-state index in [9.17, 15) is 45.0 Å². The molecule has 1 amide bonds. The topological polar surface area (TPSA) is 150 Å². The predicted octanol–water partition coefficient (Wildman–Crippen LogP) is 2.61. The first kappa shape index (κ1) is 29.7. The molecule has 4 rings (SSSR count). The Labute approximate surface area is 228 Å². The van der Waals surface area contributed by atoms with Crippen molar-refractivity contribution in [2.24, 2.45) is 11.8 Å². The summed E-state index contributed by atoms with van der Waals surface area (Å²) in [7, 11) is -7.79. The highest BCUT2D eigenvalue weighted by atomic mass is 35.5. The Morgan fingerprint density at radius 1 is 1.08 bits per heavy atom. The van der Waals surface area contributed by atoms with Gasteiger partial charge in [-0.25, -0.2) is 34.7 Å². The van der Waals surface area contributed by atoms with E-state index in [2.05, 4.69) is 10.0 Å². The monoisotopic (exact) mass is 610 g/mol. The number of anilines is 1. The van der Waals surface area contributed by atoms with Gasteiger partial charge in [0.15, 0.2) is 27.3 Å². The van der Waals surface area contributed by atoms with Gasteiger partial charge in [-0.05, 0) is 55.7 Å². The molecule has 2 bridgehead atoms. The summed E-state index contributed by atoms with van der Waals surface area (Å²) in [6.07, 6.45) is 0.230. The van der Waals surface area contributed by atoms with Gasteiger partial charge in [-0.3, -0.25) is 4.79 Å². The molecule has 15 heteroatoms. The van der Waals surface area contributed by atoms with E-state index in [0.717, 1.165) is 12.3 Å². The van der Waals surface area contributed by atoms with Gasteiger partial charge >= 0.3 is 0 Å². The number of sulfone groups is 1. The smallest absolute Gasteiger partial charge is 0.255 e. The van der Waals surface area contributed by atoms with E-state index in [1.165, 1.54) is 12.1 Å². The number of aliphatic hydroxyl groups is 2. The Kier molecular flexibility index (Phi) is 8.11. The summed E-state index contributed by atoms with van der Waals surface area (Å²) in [5.41, 5.74) is -2.27. The Bertz CT molecular complexity index is 1480. The number of amides is 1. The fraction of sp³-hybridized carbons (Fsp3) is 0.458. The van der Waals surface area contributed by atoms with Crippen LogP contribution in [0.25, 0.3) is 0 Å². The van der Waals surface area contributed by atoms with Gasteiger partial charge in [0.1, 0.15) is 0 Å². The van der Waals surface area contributed by atoms with Gasteiger partial charge in [0.05, 0.1) is 33.1 Å². The lowest BCUT2D eigenvalue weighted by atomic mass is 9.71. The molecule has 0 radical (unpaired) electrons. The highest BCUT2D eigenvalue weighted by molar-refractivity contribution is 7.92. The van der Waals surface area contributed by atoms with E-state index in [0.29, 0.717) is 25.0 Å². The van der Waals surface area contributed by atoms with Crippen molar-refractivity contribution in [3.8, 4) is 0 Å². The summed E-state index contributed by atoms with van der Waals surface area (Å²) in [5, 5.41) is 23.0. The lowest BCUT2D eigenvalue weighted by Gasteiger charge is -2.45. The van der Waals surface area contributed by atoms with Crippen LogP contribution in [0.3, 0.4) is 0 Å². The molecule has 2 aliphatic rings. The molecule has 4 N–H and O–H groups in total. The fourth-order valence-electron chi connectivity index (χ4n) is 5.61. The third kappa shape index (κ3) is 5.81. The first-order chi connectivity index (χ1) is 18.0. The molecule has 214 valence electrons. The highest BCUT2D eigenvalue weighted by Gasteiger charge is 2.59. The van der Waals surface area contributed by atoms with E-state index >= 15 is 0 Å². The Morgan fingerprint density at radius 2 is 1.64 bits per heavy atom. The van der Waals surface area contributed by atoms with Gasteiger partial charge in [-0.2, -0.15) is 0 Å². The van der Waals surface area contributed by atoms with Crippen LogP contribution in [0.4, 0.5) is 18.9 Å². The van der Waals surface area contributed by atoms with E-state index in [1.54, 1.807) is 0 Å². The third-order valence-corrected chi connectivity index (χ3v) is 10.9. The van der Waals surface area contributed by atoms with Gasteiger partial charge < -0.3 is 15.5 Å². The van der Waals surface area contributed by atoms with Crippen molar-refractivity contribution < 1.29 is 45.0 Å². The molecule has 3 unspecified atom stereocenters. The van der Waals surface area contributed by atoms with Crippen molar-refractivity contribution in [2.45, 2.75) is 47.5 Å². The molecule has 0 aromatic heterocycles. The van der Waals surface area contributed by atoms with Crippen LogP contribution >= 0.6 is 11.6 Å². The quantitative estimate of drug-likeness (QED) is 0.336. The van der Waals surface area contributed by atoms with Crippen LogP contribution in [0.1, 0.15) is 36.0 Å². The van der Waals surface area contributed by atoms with Gasteiger partial charge in [0.2, 0.25) is 10.0 Å². The third-order valence-electron chi connectivity index (χ3n) is 7.52. The van der Waals surface area contributed by atoms with Crippen molar-refractivity contribution in [2.75, 3.05) is 18.1 Å². The lowest BCUT2D eigenvalue weighted by molar-refractivity contribution is -0.138. The van der Waals surface area contributed by atoms with Crippen LogP contribution in [-0.2, 0) is 19.9 Å². The zero-order valence-corrected chi connectivity index (χ0v) is 22.9. The van der Waals surface area contributed by atoms with Crippen LogP contribution in [0.5, 0.6) is 0 Å². The molecule has 2 aromatic rings. The van der Waals surface area contributed by atoms with Gasteiger partial charge in [0.25, 0.3) is 5.91 Å². The maximum atomic E-state index is 13.6. The zero-order chi connectivity index (χ0) is 28.9. The van der Waals surface area contributed by atoms with E-state index in [4.69, 9.17) is 11.6 Å². The van der Waals surface area contributed by atoms with Crippen molar-refractivity contribution in [1.29, 1.82) is 0 Å². The maximum absolute atomic E-state index is 13.6. The second-order valence-electron chi connectivity index (χ2n) is 9.99. The summed E-state index contributed by atoms with van der Waals surface area (Å²) < 4.78 is 92.5. The van der Waals surface area contributed by atoms with E-state index in [-0.39, 0.29) is 34.0 Å². The minimum absolute atomic E-state index is 0.0356. The van der Waals surface area contributed by atoms with Crippen molar-refractivity contribution in [3.63, 3.8) is 0 Å². The molecule has 0 aliphatic heterocycles. The second-order valence-corrected chi connectivity index (χ2v) is 14.4. The molecule has 2 aliphatic carbocycles. The molecule has 0 saturated heterocycles. The standard InChI is InChI=1S/C24H26ClF3N2O7S2/c1-38(34,35)29-11-21(31)24(33)13-3-4-14(24)8-16(7-13)39(36,37)20-6-12(2-5-17(20)25)23(32)30-15-9-18(26)22(28)19(27)10-15/h2,5-6,9-10,13-14,16,21,29,31,33H,3-4,7-8,11H2,1H3,(H,30,32). The largest absolute Gasteiger partial charge is 0.389 e. The number of sulfonamides is 1. The first-order valence-corrected chi connectivity index (χ1v) is 15.7. The summed E-state index contributed by atoms with van der Waals surface area (Å²) in [6, 6.07) is 4.56. The number of nitrogens with one attached hydrogen (secondary N) is 2. The SMILES string of the molecule is CS(=O)(=O)NCC(O)C1(O)C2CCC1CC(S(=O)(=O)c1cc(C(=O)Nc3cc(F)c(F)c(F)c3)ccc1Cl)C2. The zero-order valence-electron chi connectivity index (χ0n) is 20.5. The van der Waals surface area contributed by atoms with Gasteiger partial charge in [-0.15, -0.1) is 0 Å². The van der Waals surface area contributed by atoms with E-state index < -0.39 is 78.6 Å². The summed E-state index contributed by atoms with van der Waals surface area (Å²) in [6.45, 7) is -0.426.